The Labute approximate surface area is 115 Å². The van der Waals surface area contributed by atoms with Gasteiger partial charge in [0.1, 0.15) is 11.0 Å². The fourth-order valence-corrected chi connectivity index (χ4v) is 1.87. The van der Waals surface area contributed by atoms with Gasteiger partial charge in [0, 0.05) is 0 Å². The van der Waals surface area contributed by atoms with Gasteiger partial charge < -0.3 is 5.32 Å². The number of nitrogens with one attached hydrogen (secondary N) is 1. The summed E-state index contributed by atoms with van der Waals surface area (Å²) in [6, 6.07) is 7.85. The van der Waals surface area contributed by atoms with Crippen LogP contribution in [0.15, 0.2) is 36.5 Å². The second kappa shape index (κ2) is 5.80. The number of nitrogens with zero attached hydrogens (tertiary/aromatic N) is 1. The number of anilines is 1. The van der Waals surface area contributed by atoms with Crippen LogP contribution in [0.2, 0.25) is 5.15 Å². The number of pyridine rings is 1. The van der Waals surface area contributed by atoms with Crippen LogP contribution in [0.25, 0.3) is 0 Å². The van der Waals surface area contributed by atoms with Crippen LogP contribution < -0.4 is 5.32 Å². The molecular weight excluding hydrogens is 267 g/mol. The molecule has 98 valence electrons. The highest BCUT2D eigenvalue weighted by Gasteiger charge is 2.09. The van der Waals surface area contributed by atoms with Gasteiger partial charge in [-0.15, -0.1) is 0 Å². The molecule has 1 heterocycles. The van der Waals surface area contributed by atoms with Gasteiger partial charge in [0.05, 0.1) is 18.3 Å². The Hall–Kier alpha value is -1.94. The molecule has 0 aliphatic heterocycles. The smallest absolute Gasteiger partial charge is 0.228 e. The molecule has 1 aromatic heterocycles. The molecule has 0 radical (unpaired) electrons. The third-order valence-electron chi connectivity index (χ3n) is 2.66. The zero-order valence-corrected chi connectivity index (χ0v) is 11.0. The van der Waals surface area contributed by atoms with Crippen molar-refractivity contribution in [3.8, 4) is 0 Å². The summed E-state index contributed by atoms with van der Waals surface area (Å²) in [5.41, 5.74) is 1.74. The molecule has 2 aromatic rings. The number of hydrogen-bond acceptors (Lipinski definition) is 2. The molecule has 0 spiro atoms. The number of carbonyl (C=O) groups excluding carboxylic acids is 1. The molecule has 2 rings (SSSR count). The van der Waals surface area contributed by atoms with Crippen molar-refractivity contribution < 1.29 is 9.18 Å². The number of carbonyl (C=O) groups is 1. The molecule has 0 saturated carbocycles. The van der Waals surface area contributed by atoms with E-state index in [2.05, 4.69) is 10.3 Å². The minimum absolute atomic E-state index is 0.0191. The molecule has 0 aliphatic rings. The van der Waals surface area contributed by atoms with Crippen LogP contribution in [0.5, 0.6) is 0 Å². The number of aryl methyl sites for hydroxylation is 1. The van der Waals surface area contributed by atoms with Crippen LogP contribution in [-0.4, -0.2) is 10.9 Å². The number of halogens is 2. The number of rotatable bonds is 3. The minimum Gasteiger partial charge on any atom is -0.324 e. The first-order chi connectivity index (χ1) is 9.06. The van der Waals surface area contributed by atoms with Crippen molar-refractivity contribution in [2.24, 2.45) is 0 Å². The molecule has 19 heavy (non-hydrogen) atoms. The van der Waals surface area contributed by atoms with Crippen molar-refractivity contribution in [2.75, 3.05) is 5.32 Å². The van der Waals surface area contributed by atoms with Crippen molar-refractivity contribution in [2.45, 2.75) is 13.3 Å². The van der Waals surface area contributed by atoms with Crippen molar-refractivity contribution in [3.05, 3.63) is 58.6 Å². The third-order valence-corrected chi connectivity index (χ3v) is 2.87. The van der Waals surface area contributed by atoms with E-state index >= 15 is 0 Å². The monoisotopic (exact) mass is 278 g/mol. The van der Waals surface area contributed by atoms with E-state index in [4.69, 9.17) is 11.6 Å². The first kappa shape index (κ1) is 13.5. The highest BCUT2D eigenvalue weighted by molar-refractivity contribution is 6.29. The summed E-state index contributed by atoms with van der Waals surface area (Å²) in [6.45, 7) is 1.81. The van der Waals surface area contributed by atoms with Crippen LogP contribution in [-0.2, 0) is 11.2 Å². The number of aromatic nitrogens is 1. The van der Waals surface area contributed by atoms with Gasteiger partial charge in [-0.1, -0.05) is 29.8 Å². The van der Waals surface area contributed by atoms with E-state index in [9.17, 15) is 9.18 Å². The summed E-state index contributed by atoms with van der Waals surface area (Å²) in [5.74, 6) is -0.680. The number of hydrogen-bond donors (Lipinski definition) is 1. The standard InChI is InChI=1S/C14H12ClFN2O/c1-9-6-13(15)17-8-12(9)18-14(19)7-10-4-2-3-5-11(10)16/h2-6,8H,7H2,1H3,(H,18,19). The summed E-state index contributed by atoms with van der Waals surface area (Å²) < 4.78 is 13.4. The van der Waals surface area contributed by atoms with Crippen molar-refractivity contribution in [1.82, 2.24) is 4.98 Å². The Morgan fingerprint density at radius 1 is 1.42 bits per heavy atom. The van der Waals surface area contributed by atoms with E-state index in [1.807, 2.05) is 6.92 Å². The van der Waals surface area contributed by atoms with Crippen LogP contribution in [0.1, 0.15) is 11.1 Å². The number of amides is 1. The summed E-state index contributed by atoms with van der Waals surface area (Å²) in [6.07, 6.45) is 1.46. The molecule has 0 fully saturated rings. The van der Waals surface area contributed by atoms with Crippen LogP contribution >= 0.6 is 11.6 Å². The molecule has 0 unspecified atom stereocenters. The van der Waals surface area contributed by atoms with Gasteiger partial charge >= 0.3 is 0 Å². The average Bonchev–Trinajstić information content (AvgIpc) is 2.36. The predicted octanol–water partition coefficient (Wildman–Crippen LogP) is 3.36. The fraction of sp³-hybridized carbons (Fsp3) is 0.143. The van der Waals surface area contributed by atoms with Crippen LogP contribution in [0.3, 0.4) is 0 Å². The summed E-state index contributed by atoms with van der Waals surface area (Å²) >= 11 is 5.73. The summed E-state index contributed by atoms with van der Waals surface area (Å²) in [4.78, 5) is 15.7. The fourth-order valence-electron chi connectivity index (χ4n) is 1.66. The van der Waals surface area contributed by atoms with Gasteiger partial charge in [-0.25, -0.2) is 9.37 Å². The molecule has 1 N–H and O–H groups in total. The molecule has 5 heteroatoms. The Kier molecular flexibility index (Phi) is 4.12. The SMILES string of the molecule is Cc1cc(Cl)ncc1NC(=O)Cc1ccccc1F. The Morgan fingerprint density at radius 3 is 2.84 bits per heavy atom. The molecule has 3 nitrogen and oxygen atoms in total. The molecule has 0 bridgehead atoms. The van der Waals surface area contributed by atoms with Gasteiger partial charge in [0.25, 0.3) is 0 Å². The van der Waals surface area contributed by atoms with Crippen LogP contribution in [0.4, 0.5) is 10.1 Å². The Bertz CT molecular complexity index is 616. The maximum atomic E-state index is 13.4. The van der Waals surface area contributed by atoms with E-state index in [0.717, 1.165) is 5.56 Å². The zero-order valence-electron chi connectivity index (χ0n) is 10.3. The molecule has 0 saturated heterocycles. The lowest BCUT2D eigenvalue weighted by atomic mass is 10.1. The van der Waals surface area contributed by atoms with E-state index in [1.165, 1.54) is 12.3 Å². The highest BCUT2D eigenvalue weighted by Crippen LogP contribution is 2.17. The molecule has 1 amide bonds. The first-order valence-corrected chi connectivity index (χ1v) is 6.09. The van der Waals surface area contributed by atoms with Gasteiger partial charge in [0.15, 0.2) is 0 Å². The minimum atomic E-state index is -0.386. The maximum absolute atomic E-state index is 13.4. The van der Waals surface area contributed by atoms with Gasteiger partial charge in [0.2, 0.25) is 5.91 Å². The lowest BCUT2D eigenvalue weighted by molar-refractivity contribution is -0.115. The third kappa shape index (κ3) is 3.51. The van der Waals surface area contributed by atoms with Crippen molar-refractivity contribution >= 4 is 23.2 Å². The van der Waals surface area contributed by atoms with E-state index < -0.39 is 0 Å². The van der Waals surface area contributed by atoms with Gasteiger partial charge in [-0.3, -0.25) is 4.79 Å². The van der Waals surface area contributed by atoms with Crippen molar-refractivity contribution in [1.29, 1.82) is 0 Å². The second-order valence-corrected chi connectivity index (χ2v) is 4.53. The summed E-state index contributed by atoms with van der Waals surface area (Å²) in [5, 5.41) is 3.05. The molecule has 0 aliphatic carbocycles. The lowest BCUT2D eigenvalue weighted by Gasteiger charge is -2.08. The first-order valence-electron chi connectivity index (χ1n) is 5.71. The highest BCUT2D eigenvalue weighted by atomic mass is 35.5. The van der Waals surface area contributed by atoms with Gasteiger partial charge in [-0.2, -0.15) is 0 Å². The maximum Gasteiger partial charge on any atom is 0.228 e. The Balaban J connectivity index is 2.08. The zero-order chi connectivity index (χ0) is 13.8. The Morgan fingerprint density at radius 2 is 2.16 bits per heavy atom. The normalized spacial score (nSPS) is 10.3. The topological polar surface area (TPSA) is 42.0 Å². The van der Waals surface area contributed by atoms with E-state index in [1.54, 1.807) is 24.3 Å². The molecule has 0 atom stereocenters. The molecule has 1 aromatic carbocycles. The number of benzene rings is 1. The summed E-state index contributed by atoms with van der Waals surface area (Å²) in [7, 11) is 0. The lowest BCUT2D eigenvalue weighted by Crippen LogP contribution is -2.16. The molecular formula is C14H12ClFN2O. The second-order valence-electron chi connectivity index (χ2n) is 4.14. The van der Waals surface area contributed by atoms with Crippen LogP contribution in [0, 0.1) is 12.7 Å². The quantitative estimate of drug-likeness (QED) is 0.875. The predicted molar refractivity (Wildman–Crippen MR) is 72.7 cm³/mol. The van der Waals surface area contributed by atoms with Gasteiger partial charge in [-0.05, 0) is 30.2 Å². The average molecular weight is 279 g/mol. The van der Waals surface area contributed by atoms with Crippen molar-refractivity contribution in [3.63, 3.8) is 0 Å². The van der Waals surface area contributed by atoms with E-state index in [-0.39, 0.29) is 18.1 Å². The largest absolute Gasteiger partial charge is 0.324 e. The van der Waals surface area contributed by atoms with E-state index in [0.29, 0.717) is 16.4 Å².